The predicted molar refractivity (Wildman–Crippen MR) is 144 cm³/mol. The topological polar surface area (TPSA) is 114 Å². The van der Waals surface area contributed by atoms with Crippen LogP contribution in [0.4, 0.5) is 17.6 Å². The van der Waals surface area contributed by atoms with Crippen LogP contribution in [0.25, 0.3) is 0 Å². The Morgan fingerprint density at radius 2 is 1.67 bits per heavy atom. The van der Waals surface area contributed by atoms with Gasteiger partial charge < -0.3 is 20.1 Å². The van der Waals surface area contributed by atoms with Crippen LogP contribution in [0.1, 0.15) is 68.6 Å². The van der Waals surface area contributed by atoms with Crippen LogP contribution in [0.3, 0.4) is 0 Å². The summed E-state index contributed by atoms with van der Waals surface area (Å²) in [5.41, 5.74) is -5.34. The second kappa shape index (κ2) is 11.8. The number of hydrogen-bond acceptors (Lipinski definition) is 6. The van der Waals surface area contributed by atoms with Crippen LogP contribution in [0.2, 0.25) is 0 Å². The molecule has 5 rings (SSSR count). The van der Waals surface area contributed by atoms with Gasteiger partial charge in [-0.3, -0.25) is 9.59 Å². The summed E-state index contributed by atoms with van der Waals surface area (Å²) in [4.78, 5) is 26.9. The molecule has 1 heterocycles. The first-order valence-corrected chi connectivity index (χ1v) is 15.9. The van der Waals surface area contributed by atoms with Gasteiger partial charge in [0.15, 0.2) is 11.6 Å². The molecule has 2 amide bonds. The molecule has 42 heavy (non-hydrogen) atoms. The average molecular weight is 620 g/mol. The maximum Gasteiger partial charge on any atom is 0.511 e. The molecule has 9 nitrogen and oxygen atoms in total. The molecule has 1 aromatic carbocycles. The molecular weight excluding hydrogens is 582 g/mol. The van der Waals surface area contributed by atoms with E-state index in [1.54, 1.807) is 0 Å². The number of amides is 2. The van der Waals surface area contributed by atoms with Crippen molar-refractivity contribution in [1.29, 1.82) is 0 Å². The summed E-state index contributed by atoms with van der Waals surface area (Å²) in [6, 6.07) is 1.12. The first kappa shape index (κ1) is 30.8. The third-order valence-corrected chi connectivity index (χ3v) is 11.0. The van der Waals surface area contributed by atoms with Gasteiger partial charge >= 0.3 is 15.5 Å². The average Bonchev–Trinajstić information content (AvgIpc) is 3.67. The van der Waals surface area contributed by atoms with E-state index in [0.29, 0.717) is 16.6 Å². The number of carbonyl (C=O) groups excluding carboxylic acids is 2. The van der Waals surface area contributed by atoms with Crippen LogP contribution in [0.5, 0.6) is 11.5 Å². The smallest absolute Gasteiger partial charge is 0.496 e. The number of alkyl halides is 3. The number of rotatable bonds is 8. The third kappa shape index (κ3) is 6.06. The number of fused-ring (bicyclic) bond motifs is 2. The normalized spacial score (nSPS) is 31.6. The van der Waals surface area contributed by atoms with Crippen molar-refractivity contribution >= 4 is 21.8 Å². The zero-order chi connectivity index (χ0) is 30.4. The fourth-order valence-electron chi connectivity index (χ4n) is 7.11. The number of halogens is 4. The predicted octanol–water partition coefficient (Wildman–Crippen LogP) is 3.98. The molecule has 0 spiro atoms. The second-order valence-electron chi connectivity index (χ2n) is 12.1. The Labute approximate surface area is 242 Å². The lowest BCUT2D eigenvalue weighted by Gasteiger charge is -2.32. The Balaban J connectivity index is 1.28. The Kier molecular flexibility index (Phi) is 8.68. The van der Waals surface area contributed by atoms with E-state index in [1.165, 1.54) is 13.2 Å². The van der Waals surface area contributed by atoms with Crippen molar-refractivity contribution in [3.05, 3.63) is 23.5 Å². The van der Waals surface area contributed by atoms with E-state index >= 15 is 0 Å². The van der Waals surface area contributed by atoms with Crippen LogP contribution in [0, 0.1) is 29.5 Å². The lowest BCUT2D eigenvalue weighted by Crippen LogP contribution is -2.52. The van der Waals surface area contributed by atoms with Crippen molar-refractivity contribution in [3.8, 4) is 11.5 Å². The van der Waals surface area contributed by atoms with Crippen LogP contribution in [-0.2, 0) is 14.8 Å². The van der Waals surface area contributed by atoms with Crippen molar-refractivity contribution < 1.29 is 45.0 Å². The number of ether oxygens (including phenoxy) is 2. The molecule has 5 atom stereocenters. The molecular formula is C28H37F4N3O6S. The van der Waals surface area contributed by atoms with Gasteiger partial charge in [-0.2, -0.15) is 17.5 Å². The molecule has 0 unspecified atom stereocenters. The van der Waals surface area contributed by atoms with Crippen molar-refractivity contribution in [2.75, 3.05) is 20.2 Å². The highest BCUT2D eigenvalue weighted by atomic mass is 32.2. The molecule has 3 aliphatic carbocycles. The molecule has 3 saturated carbocycles. The van der Waals surface area contributed by atoms with Gasteiger partial charge in [0.2, 0.25) is 5.91 Å². The van der Waals surface area contributed by atoms with E-state index in [2.05, 4.69) is 17.6 Å². The summed E-state index contributed by atoms with van der Waals surface area (Å²) in [5.74, 6) is -1.69. The molecule has 1 aliphatic heterocycles. The first-order chi connectivity index (χ1) is 19.8. The van der Waals surface area contributed by atoms with Gasteiger partial charge in [0.05, 0.1) is 24.7 Å². The summed E-state index contributed by atoms with van der Waals surface area (Å²) in [6.45, 7) is 1.34. The maximum atomic E-state index is 14.9. The molecule has 0 radical (unpaired) electrons. The summed E-state index contributed by atoms with van der Waals surface area (Å²) >= 11 is 0. The zero-order valence-electron chi connectivity index (χ0n) is 23.6. The fraction of sp³-hybridized carbons (Fsp3) is 0.714. The number of nitrogens with one attached hydrogen (secondary N) is 2. The van der Waals surface area contributed by atoms with Gasteiger partial charge in [0.25, 0.3) is 5.91 Å². The Bertz CT molecular complexity index is 1300. The SMILES string of the molecule is COc1cc(F)c(O[C@H]2CC[C@@H](C)CC2)cc1C(=O)N[C@@H]1[C@H]2CC[C@H](C2)[C@@H]1C(=O)N[C@@H]1CCN(S(=O)(=O)C(F)(F)F)C1. The highest BCUT2D eigenvalue weighted by molar-refractivity contribution is 7.90. The maximum absolute atomic E-state index is 14.9. The lowest BCUT2D eigenvalue weighted by molar-refractivity contribution is -0.127. The van der Waals surface area contributed by atoms with Crippen LogP contribution in [-0.4, -0.2) is 68.4 Å². The molecule has 4 fully saturated rings. The van der Waals surface area contributed by atoms with Gasteiger partial charge in [-0.25, -0.2) is 12.8 Å². The summed E-state index contributed by atoms with van der Waals surface area (Å²) in [5, 5.41) is 5.69. The summed E-state index contributed by atoms with van der Waals surface area (Å²) in [6.07, 6.45) is 5.69. The lowest BCUT2D eigenvalue weighted by atomic mass is 9.83. The molecule has 0 aromatic heterocycles. The fourth-order valence-corrected chi connectivity index (χ4v) is 8.13. The highest BCUT2D eigenvalue weighted by Gasteiger charge is 2.54. The number of carbonyl (C=O) groups is 2. The third-order valence-electron chi connectivity index (χ3n) is 9.40. The van der Waals surface area contributed by atoms with Crippen LogP contribution in [0.15, 0.2) is 12.1 Å². The molecule has 234 valence electrons. The highest BCUT2D eigenvalue weighted by Crippen LogP contribution is 2.49. The molecule has 4 aliphatic rings. The van der Waals surface area contributed by atoms with Crippen LogP contribution < -0.4 is 20.1 Å². The number of nitrogens with zero attached hydrogens (tertiary/aromatic N) is 1. The minimum absolute atomic E-state index is 0.0202. The van der Waals surface area contributed by atoms with Gasteiger partial charge in [0, 0.05) is 31.2 Å². The Morgan fingerprint density at radius 1 is 0.976 bits per heavy atom. The number of methoxy groups -OCH3 is 1. The van der Waals surface area contributed by atoms with Crippen molar-refractivity contribution in [2.45, 2.75) is 82.0 Å². The molecule has 14 heteroatoms. The summed E-state index contributed by atoms with van der Waals surface area (Å²) < 4.78 is 88.9. The van der Waals surface area contributed by atoms with Crippen LogP contribution >= 0.6 is 0 Å². The molecule has 2 bridgehead atoms. The van der Waals surface area contributed by atoms with Gasteiger partial charge in [-0.1, -0.05) is 6.92 Å². The second-order valence-corrected chi connectivity index (χ2v) is 14.1. The standard InChI is InChI=1S/C28H37F4N3O6S/c1-15-3-7-19(8-4-15)41-23-12-20(22(40-2)13-21(23)29)26(36)34-25-17-6-5-16(11-17)24(25)27(37)33-18-9-10-35(14-18)42(38,39)28(30,31)32/h12-13,15-19,24-25H,3-11,14H2,1-2H3,(H,33,37)(H,34,36)/t15-,16-,17+,18-,19+,24+,25-/m1/s1. The number of hydrogen-bond donors (Lipinski definition) is 2. The van der Waals surface area contributed by atoms with Crippen molar-refractivity contribution in [2.24, 2.45) is 23.7 Å². The molecule has 2 N–H and O–H groups in total. The van der Waals surface area contributed by atoms with E-state index < -0.39 is 57.7 Å². The Hall–Kier alpha value is -2.61. The van der Waals surface area contributed by atoms with E-state index in [-0.39, 0.29) is 48.0 Å². The van der Waals surface area contributed by atoms with E-state index in [0.717, 1.165) is 44.6 Å². The quantitative estimate of drug-likeness (QED) is 0.426. The number of sulfonamides is 1. The van der Waals surface area contributed by atoms with E-state index in [9.17, 15) is 35.6 Å². The van der Waals surface area contributed by atoms with E-state index in [4.69, 9.17) is 9.47 Å². The zero-order valence-corrected chi connectivity index (χ0v) is 24.4. The van der Waals surface area contributed by atoms with Gasteiger partial charge in [0.1, 0.15) is 5.75 Å². The minimum Gasteiger partial charge on any atom is -0.496 e. The van der Waals surface area contributed by atoms with Crippen molar-refractivity contribution in [1.82, 2.24) is 14.9 Å². The Morgan fingerprint density at radius 3 is 2.33 bits per heavy atom. The largest absolute Gasteiger partial charge is 0.511 e. The minimum atomic E-state index is -5.48. The monoisotopic (exact) mass is 619 g/mol. The molecule has 1 saturated heterocycles. The molecule has 1 aromatic rings. The van der Waals surface area contributed by atoms with E-state index in [1.807, 2.05) is 0 Å². The van der Waals surface area contributed by atoms with Crippen molar-refractivity contribution in [3.63, 3.8) is 0 Å². The number of benzene rings is 1. The summed E-state index contributed by atoms with van der Waals surface area (Å²) in [7, 11) is -4.15. The van der Waals surface area contributed by atoms with Gasteiger partial charge in [-0.05, 0) is 75.2 Å². The first-order valence-electron chi connectivity index (χ1n) is 14.5. The van der Waals surface area contributed by atoms with Gasteiger partial charge in [-0.15, -0.1) is 0 Å².